The third-order valence-electron chi connectivity index (χ3n) is 2.61. The smallest absolute Gasteiger partial charge is 0.119 e. The molecule has 0 aliphatic carbocycles. The molecule has 0 unspecified atom stereocenters. The van der Waals surface area contributed by atoms with Crippen molar-refractivity contribution in [2.24, 2.45) is 5.41 Å². The highest BCUT2D eigenvalue weighted by molar-refractivity contribution is 6.19. The molecule has 0 N–H and O–H groups in total. The lowest BCUT2D eigenvalue weighted by Crippen LogP contribution is -2.11. The van der Waals surface area contributed by atoms with Crippen molar-refractivity contribution in [1.82, 2.24) is 0 Å². The fourth-order valence-corrected chi connectivity index (χ4v) is 1.54. The Kier molecular flexibility index (Phi) is 5.56. The summed E-state index contributed by atoms with van der Waals surface area (Å²) in [5.74, 6) is 7.17. The van der Waals surface area contributed by atoms with Gasteiger partial charge in [0.2, 0.25) is 0 Å². The molecule has 0 heterocycles. The van der Waals surface area contributed by atoms with Gasteiger partial charge in [-0.25, -0.2) is 0 Å². The van der Waals surface area contributed by atoms with E-state index in [1.54, 1.807) is 0 Å². The zero-order valence-electron chi connectivity index (χ0n) is 11.6. The fraction of sp³-hybridized carbons (Fsp3) is 0.500. The topological polar surface area (TPSA) is 9.23 Å². The Hall–Kier alpha value is -1.13. The van der Waals surface area contributed by atoms with E-state index in [1.807, 2.05) is 25.1 Å². The van der Waals surface area contributed by atoms with E-state index in [9.17, 15) is 0 Å². The molecule has 0 saturated carbocycles. The van der Waals surface area contributed by atoms with Crippen molar-refractivity contribution in [2.45, 2.75) is 34.1 Å². The van der Waals surface area contributed by atoms with Crippen molar-refractivity contribution in [3.8, 4) is 17.6 Å². The second-order valence-electron chi connectivity index (χ2n) is 5.57. The number of halogens is 1. The average molecular weight is 265 g/mol. The van der Waals surface area contributed by atoms with Gasteiger partial charge in [-0.05, 0) is 42.5 Å². The van der Waals surface area contributed by atoms with Crippen molar-refractivity contribution >= 4 is 11.6 Å². The van der Waals surface area contributed by atoms with E-state index < -0.39 is 0 Å². The lowest BCUT2D eigenvalue weighted by atomic mass is 9.93. The van der Waals surface area contributed by atoms with Gasteiger partial charge in [0.15, 0.2) is 0 Å². The molecule has 1 rings (SSSR count). The van der Waals surface area contributed by atoms with Crippen LogP contribution in [0.15, 0.2) is 18.2 Å². The highest BCUT2D eigenvalue weighted by Crippen LogP contribution is 2.21. The standard InChI is InChI=1S/C16H21ClO/c1-13-12-15(18-11-9-16(2,3)4)8-7-14(13)6-5-10-17/h7-8,12H,9-11H2,1-4H3. The first-order valence-electron chi connectivity index (χ1n) is 6.21. The molecule has 0 bridgehead atoms. The first kappa shape index (κ1) is 14.9. The number of benzene rings is 1. The molecule has 18 heavy (non-hydrogen) atoms. The molecular weight excluding hydrogens is 244 g/mol. The van der Waals surface area contributed by atoms with Crippen LogP contribution in [0.4, 0.5) is 0 Å². The van der Waals surface area contributed by atoms with Gasteiger partial charge in [0, 0.05) is 5.56 Å². The maximum absolute atomic E-state index is 5.75. The minimum absolute atomic E-state index is 0.306. The van der Waals surface area contributed by atoms with E-state index >= 15 is 0 Å². The number of ether oxygens (including phenoxy) is 1. The van der Waals surface area contributed by atoms with Gasteiger partial charge in [-0.1, -0.05) is 32.6 Å². The lowest BCUT2D eigenvalue weighted by molar-refractivity contribution is 0.243. The third-order valence-corrected chi connectivity index (χ3v) is 2.74. The van der Waals surface area contributed by atoms with Gasteiger partial charge < -0.3 is 4.74 Å². The van der Waals surface area contributed by atoms with E-state index in [-0.39, 0.29) is 0 Å². The number of hydrogen-bond acceptors (Lipinski definition) is 1. The molecule has 0 radical (unpaired) electrons. The molecular formula is C16H21ClO. The summed E-state index contributed by atoms with van der Waals surface area (Å²) >= 11 is 5.55. The molecule has 0 aromatic heterocycles. The quantitative estimate of drug-likeness (QED) is 0.581. The van der Waals surface area contributed by atoms with Crippen LogP contribution in [-0.4, -0.2) is 12.5 Å². The van der Waals surface area contributed by atoms with Crippen LogP contribution in [0.2, 0.25) is 0 Å². The predicted octanol–water partition coefficient (Wildman–Crippen LogP) is 4.40. The Morgan fingerprint density at radius 1 is 1.28 bits per heavy atom. The first-order valence-corrected chi connectivity index (χ1v) is 6.74. The van der Waals surface area contributed by atoms with E-state index in [0.29, 0.717) is 11.3 Å². The van der Waals surface area contributed by atoms with Gasteiger partial charge >= 0.3 is 0 Å². The van der Waals surface area contributed by atoms with Crippen molar-refractivity contribution in [3.63, 3.8) is 0 Å². The molecule has 1 nitrogen and oxygen atoms in total. The maximum atomic E-state index is 5.75. The number of rotatable bonds is 3. The Balaban J connectivity index is 2.62. The monoisotopic (exact) mass is 264 g/mol. The second kappa shape index (κ2) is 6.71. The van der Waals surface area contributed by atoms with Crippen molar-refractivity contribution in [1.29, 1.82) is 0 Å². The SMILES string of the molecule is Cc1cc(OCCC(C)(C)C)ccc1C#CCCl. The molecule has 1 aromatic rings. The Morgan fingerprint density at radius 3 is 2.56 bits per heavy atom. The summed E-state index contributed by atoms with van der Waals surface area (Å²) < 4.78 is 5.75. The second-order valence-corrected chi connectivity index (χ2v) is 5.84. The largest absolute Gasteiger partial charge is 0.494 e. The summed E-state index contributed by atoms with van der Waals surface area (Å²) in [7, 11) is 0. The van der Waals surface area contributed by atoms with Crippen LogP contribution in [-0.2, 0) is 0 Å². The van der Waals surface area contributed by atoms with E-state index in [1.165, 1.54) is 0 Å². The van der Waals surface area contributed by atoms with Crippen molar-refractivity contribution in [2.75, 3.05) is 12.5 Å². The number of alkyl halides is 1. The molecule has 0 spiro atoms. The Labute approximate surface area is 115 Å². The minimum atomic E-state index is 0.306. The van der Waals surface area contributed by atoms with Gasteiger partial charge in [-0.15, -0.1) is 11.6 Å². The van der Waals surface area contributed by atoms with Gasteiger partial charge in [0.05, 0.1) is 12.5 Å². The summed E-state index contributed by atoms with van der Waals surface area (Å²) in [6.45, 7) is 9.43. The zero-order valence-corrected chi connectivity index (χ0v) is 12.4. The lowest BCUT2D eigenvalue weighted by Gasteiger charge is -2.18. The zero-order chi connectivity index (χ0) is 13.6. The number of hydrogen-bond donors (Lipinski definition) is 0. The third kappa shape index (κ3) is 5.47. The maximum Gasteiger partial charge on any atom is 0.119 e. The van der Waals surface area contributed by atoms with Gasteiger partial charge in [0.25, 0.3) is 0 Å². The normalized spacial score (nSPS) is 10.7. The molecule has 0 atom stereocenters. The van der Waals surface area contributed by atoms with Crippen LogP contribution in [0.5, 0.6) is 5.75 Å². The Morgan fingerprint density at radius 2 is 2.00 bits per heavy atom. The van der Waals surface area contributed by atoms with E-state index in [4.69, 9.17) is 16.3 Å². The van der Waals surface area contributed by atoms with Crippen LogP contribution < -0.4 is 4.74 Å². The molecule has 0 amide bonds. The van der Waals surface area contributed by atoms with Crippen LogP contribution in [0, 0.1) is 24.2 Å². The highest BCUT2D eigenvalue weighted by atomic mass is 35.5. The van der Waals surface area contributed by atoms with Crippen molar-refractivity contribution < 1.29 is 4.74 Å². The molecule has 0 aliphatic rings. The summed E-state index contributed by atoms with van der Waals surface area (Å²) in [5.41, 5.74) is 2.44. The molecule has 0 saturated heterocycles. The van der Waals surface area contributed by atoms with E-state index in [2.05, 4.69) is 32.6 Å². The first-order chi connectivity index (χ1) is 8.42. The van der Waals surface area contributed by atoms with Crippen LogP contribution in [0.25, 0.3) is 0 Å². The summed E-state index contributed by atoms with van der Waals surface area (Å²) in [6.07, 6.45) is 1.04. The number of aryl methyl sites for hydroxylation is 1. The van der Waals surface area contributed by atoms with Crippen LogP contribution >= 0.6 is 11.6 Å². The van der Waals surface area contributed by atoms with E-state index in [0.717, 1.165) is 29.9 Å². The highest BCUT2D eigenvalue weighted by Gasteiger charge is 2.10. The summed E-state index contributed by atoms with van der Waals surface area (Å²) in [5, 5.41) is 0. The summed E-state index contributed by atoms with van der Waals surface area (Å²) in [4.78, 5) is 0. The average Bonchev–Trinajstić information content (AvgIpc) is 2.26. The van der Waals surface area contributed by atoms with Crippen LogP contribution in [0.3, 0.4) is 0 Å². The summed E-state index contributed by atoms with van der Waals surface area (Å²) in [6, 6.07) is 5.98. The molecule has 0 fully saturated rings. The molecule has 1 aromatic carbocycles. The van der Waals surface area contributed by atoms with Gasteiger partial charge in [0.1, 0.15) is 5.75 Å². The van der Waals surface area contributed by atoms with Crippen molar-refractivity contribution in [3.05, 3.63) is 29.3 Å². The van der Waals surface area contributed by atoms with Crippen LogP contribution in [0.1, 0.15) is 38.3 Å². The predicted molar refractivity (Wildman–Crippen MR) is 78.3 cm³/mol. The molecule has 0 aliphatic heterocycles. The fourth-order valence-electron chi connectivity index (χ4n) is 1.47. The van der Waals surface area contributed by atoms with Gasteiger partial charge in [-0.3, -0.25) is 0 Å². The Bertz CT molecular complexity index is 446. The molecule has 98 valence electrons. The van der Waals surface area contributed by atoms with Gasteiger partial charge in [-0.2, -0.15) is 0 Å². The molecule has 2 heteroatoms. The minimum Gasteiger partial charge on any atom is -0.494 e.